The van der Waals surface area contributed by atoms with E-state index in [2.05, 4.69) is 30.1 Å². The largest absolute Gasteiger partial charge is 0.399 e. The highest BCUT2D eigenvalue weighted by molar-refractivity contribution is 6.13. The van der Waals surface area contributed by atoms with Crippen LogP contribution in [0.25, 0.3) is 16.7 Å². The molecule has 0 amide bonds. The second kappa shape index (κ2) is 7.37. The number of hydrogen-bond acceptors (Lipinski definition) is 3. The zero-order chi connectivity index (χ0) is 16.4. The SMILES string of the molecule is CN=C1C=C(c2ccc(N)cc2-c2ccc(N)cc2)CC=C1C.Cl. The summed E-state index contributed by atoms with van der Waals surface area (Å²) in [6, 6.07) is 14.0. The summed E-state index contributed by atoms with van der Waals surface area (Å²) >= 11 is 0. The van der Waals surface area contributed by atoms with Crippen LogP contribution in [0.1, 0.15) is 18.9 Å². The van der Waals surface area contributed by atoms with Crippen LogP contribution < -0.4 is 11.5 Å². The Morgan fingerprint density at radius 2 is 1.58 bits per heavy atom. The minimum atomic E-state index is 0. The zero-order valence-corrected chi connectivity index (χ0v) is 14.7. The van der Waals surface area contributed by atoms with E-state index in [1.807, 2.05) is 43.4 Å². The fourth-order valence-electron chi connectivity index (χ4n) is 2.88. The maximum atomic E-state index is 6.02. The van der Waals surface area contributed by atoms with Crippen LogP contribution in [-0.2, 0) is 0 Å². The highest BCUT2D eigenvalue weighted by Gasteiger charge is 2.14. The van der Waals surface area contributed by atoms with Gasteiger partial charge in [0.25, 0.3) is 0 Å². The van der Waals surface area contributed by atoms with Gasteiger partial charge in [-0.05, 0) is 71.5 Å². The van der Waals surface area contributed by atoms with Crippen molar-refractivity contribution in [2.75, 3.05) is 18.5 Å². The maximum absolute atomic E-state index is 6.02. The fourth-order valence-corrected chi connectivity index (χ4v) is 2.88. The molecule has 2 aromatic rings. The molecule has 0 spiro atoms. The molecule has 0 saturated heterocycles. The lowest BCUT2D eigenvalue weighted by atomic mass is 9.88. The molecule has 3 rings (SSSR count). The Labute approximate surface area is 149 Å². The third-order valence-corrected chi connectivity index (χ3v) is 4.20. The number of allylic oxidation sites excluding steroid dienone is 4. The van der Waals surface area contributed by atoms with Gasteiger partial charge in [-0.15, -0.1) is 12.4 Å². The van der Waals surface area contributed by atoms with Gasteiger partial charge in [-0.3, -0.25) is 4.99 Å². The number of halogens is 1. The maximum Gasteiger partial charge on any atom is 0.0599 e. The van der Waals surface area contributed by atoms with Gasteiger partial charge in [0.1, 0.15) is 0 Å². The number of aliphatic imine (C=N–C) groups is 1. The average Bonchev–Trinajstić information content (AvgIpc) is 2.56. The Hall–Kier alpha value is -2.52. The van der Waals surface area contributed by atoms with Crippen LogP contribution in [0.4, 0.5) is 11.4 Å². The van der Waals surface area contributed by atoms with Gasteiger partial charge < -0.3 is 11.5 Å². The number of nitrogen functional groups attached to an aromatic ring is 2. The second-order valence-corrected chi connectivity index (χ2v) is 5.80. The molecule has 0 atom stereocenters. The number of hydrogen-bond donors (Lipinski definition) is 2. The molecule has 0 radical (unpaired) electrons. The lowest BCUT2D eigenvalue weighted by molar-refractivity contribution is 1.31. The molecule has 0 unspecified atom stereocenters. The first-order valence-corrected chi connectivity index (χ1v) is 7.69. The number of nitrogens with two attached hydrogens (primary N) is 2. The summed E-state index contributed by atoms with van der Waals surface area (Å²) in [7, 11) is 1.83. The van der Waals surface area contributed by atoms with Gasteiger partial charge >= 0.3 is 0 Å². The van der Waals surface area contributed by atoms with Crippen molar-refractivity contribution in [2.45, 2.75) is 13.3 Å². The molecule has 24 heavy (non-hydrogen) atoms. The van der Waals surface area contributed by atoms with Crippen molar-refractivity contribution >= 4 is 35.1 Å². The minimum Gasteiger partial charge on any atom is -0.399 e. The Bertz CT molecular complexity index is 830. The van der Waals surface area contributed by atoms with Gasteiger partial charge in [0.2, 0.25) is 0 Å². The van der Waals surface area contributed by atoms with Crippen LogP contribution >= 0.6 is 12.4 Å². The lowest BCUT2D eigenvalue weighted by Gasteiger charge is -2.17. The van der Waals surface area contributed by atoms with Crippen molar-refractivity contribution in [3.05, 3.63) is 65.8 Å². The van der Waals surface area contributed by atoms with Gasteiger partial charge in [-0.1, -0.05) is 24.3 Å². The molecule has 4 N–H and O–H groups in total. The van der Waals surface area contributed by atoms with Crippen molar-refractivity contribution in [1.29, 1.82) is 0 Å². The molecule has 0 saturated carbocycles. The summed E-state index contributed by atoms with van der Waals surface area (Å²) in [4.78, 5) is 4.37. The molecule has 124 valence electrons. The Balaban J connectivity index is 0.00000208. The zero-order valence-electron chi connectivity index (χ0n) is 13.9. The molecule has 4 heteroatoms. The normalized spacial score (nSPS) is 15.5. The Morgan fingerprint density at radius 1 is 0.917 bits per heavy atom. The highest BCUT2D eigenvalue weighted by atomic mass is 35.5. The molecule has 0 heterocycles. The summed E-state index contributed by atoms with van der Waals surface area (Å²) in [5.41, 5.74) is 20.3. The van der Waals surface area contributed by atoms with E-state index in [1.54, 1.807) is 0 Å². The topological polar surface area (TPSA) is 64.4 Å². The van der Waals surface area contributed by atoms with E-state index in [1.165, 1.54) is 16.7 Å². The van der Waals surface area contributed by atoms with Gasteiger partial charge in [-0.2, -0.15) is 0 Å². The molecule has 0 fully saturated rings. The first-order chi connectivity index (χ1) is 11.1. The highest BCUT2D eigenvalue weighted by Crippen LogP contribution is 2.34. The van der Waals surface area contributed by atoms with Gasteiger partial charge in [-0.25, -0.2) is 0 Å². The van der Waals surface area contributed by atoms with Crippen LogP contribution in [-0.4, -0.2) is 12.8 Å². The molecular formula is C20H22ClN3. The Morgan fingerprint density at radius 3 is 2.25 bits per heavy atom. The summed E-state index contributed by atoms with van der Waals surface area (Å²) in [5, 5.41) is 0. The van der Waals surface area contributed by atoms with E-state index in [-0.39, 0.29) is 12.4 Å². The summed E-state index contributed by atoms with van der Waals surface area (Å²) < 4.78 is 0. The number of nitrogens with zero attached hydrogens (tertiary/aromatic N) is 1. The van der Waals surface area contributed by atoms with Crippen molar-refractivity contribution in [3.63, 3.8) is 0 Å². The van der Waals surface area contributed by atoms with Gasteiger partial charge in [0.15, 0.2) is 0 Å². The van der Waals surface area contributed by atoms with E-state index in [0.717, 1.165) is 34.6 Å². The molecule has 1 aliphatic carbocycles. The molecular weight excluding hydrogens is 318 g/mol. The smallest absolute Gasteiger partial charge is 0.0599 e. The first kappa shape index (κ1) is 17.8. The summed E-state index contributed by atoms with van der Waals surface area (Å²) in [6.07, 6.45) is 5.29. The number of benzene rings is 2. The van der Waals surface area contributed by atoms with Crippen molar-refractivity contribution in [2.24, 2.45) is 4.99 Å². The molecule has 0 aromatic heterocycles. The van der Waals surface area contributed by atoms with Crippen molar-refractivity contribution in [1.82, 2.24) is 0 Å². The fraction of sp³-hybridized carbons (Fsp3) is 0.150. The number of anilines is 2. The second-order valence-electron chi connectivity index (χ2n) is 5.80. The first-order valence-electron chi connectivity index (χ1n) is 7.69. The third kappa shape index (κ3) is 3.52. The lowest BCUT2D eigenvalue weighted by Crippen LogP contribution is -2.04. The van der Waals surface area contributed by atoms with Gasteiger partial charge in [0, 0.05) is 18.4 Å². The van der Waals surface area contributed by atoms with Gasteiger partial charge in [0.05, 0.1) is 5.71 Å². The predicted octanol–water partition coefficient (Wildman–Crippen LogP) is 4.74. The monoisotopic (exact) mass is 339 g/mol. The number of rotatable bonds is 2. The van der Waals surface area contributed by atoms with Crippen LogP contribution in [0.3, 0.4) is 0 Å². The molecule has 0 aliphatic heterocycles. The van der Waals surface area contributed by atoms with E-state index in [0.29, 0.717) is 0 Å². The molecule has 3 nitrogen and oxygen atoms in total. The standard InChI is InChI=1S/C20H21N3.ClH/c1-13-3-4-15(11-20(13)23-2)18-10-9-17(22)12-19(18)14-5-7-16(21)8-6-14;/h3,5-12H,4,21-22H2,1-2H3;1H. The van der Waals surface area contributed by atoms with E-state index in [4.69, 9.17) is 11.5 Å². The summed E-state index contributed by atoms with van der Waals surface area (Å²) in [5.74, 6) is 0. The van der Waals surface area contributed by atoms with E-state index >= 15 is 0 Å². The van der Waals surface area contributed by atoms with E-state index in [9.17, 15) is 0 Å². The van der Waals surface area contributed by atoms with Crippen LogP contribution in [0.2, 0.25) is 0 Å². The van der Waals surface area contributed by atoms with Crippen molar-refractivity contribution < 1.29 is 0 Å². The van der Waals surface area contributed by atoms with Crippen molar-refractivity contribution in [3.8, 4) is 11.1 Å². The quantitative estimate of drug-likeness (QED) is 0.776. The minimum absolute atomic E-state index is 0. The van der Waals surface area contributed by atoms with Crippen LogP contribution in [0.15, 0.2) is 65.2 Å². The summed E-state index contributed by atoms with van der Waals surface area (Å²) in [6.45, 7) is 2.10. The third-order valence-electron chi connectivity index (χ3n) is 4.20. The van der Waals surface area contributed by atoms with E-state index < -0.39 is 0 Å². The van der Waals surface area contributed by atoms with Crippen LogP contribution in [0, 0.1) is 0 Å². The molecule has 0 bridgehead atoms. The molecule has 1 aliphatic rings. The molecule has 2 aromatic carbocycles. The Kier molecular flexibility index (Phi) is 5.47. The predicted molar refractivity (Wildman–Crippen MR) is 108 cm³/mol. The van der Waals surface area contributed by atoms with Crippen LogP contribution in [0.5, 0.6) is 0 Å². The average molecular weight is 340 g/mol.